The van der Waals surface area contributed by atoms with E-state index in [9.17, 15) is 4.79 Å². The maximum absolute atomic E-state index is 12.0. The van der Waals surface area contributed by atoms with Crippen molar-refractivity contribution in [2.45, 2.75) is 84.7 Å². The average Bonchev–Trinajstić information content (AvgIpc) is 2.86. The molecule has 0 bridgehead atoms. The van der Waals surface area contributed by atoms with Crippen LogP contribution in [0.5, 0.6) is 0 Å². The van der Waals surface area contributed by atoms with Gasteiger partial charge in [-0.1, -0.05) is 52.5 Å². The van der Waals surface area contributed by atoms with Gasteiger partial charge in [0.05, 0.1) is 5.56 Å². The SMILES string of the molecule is CCCCCCC(CC)c1ccc2c(c1C)C(CC)OC2=O. The molecule has 0 aliphatic carbocycles. The number of benzene rings is 1. The number of hydrogen-bond acceptors (Lipinski definition) is 2. The molecule has 0 saturated heterocycles. The van der Waals surface area contributed by atoms with Crippen LogP contribution in [0.3, 0.4) is 0 Å². The predicted octanol–water partition coefficient (Wildman–Crippen LogP) is 6.08. The van der Waals surface area contributed by atoms with Crippen LogP contribution in [0.4, 0.5) is 0 Å². The first-order valence-electron chi connectivity index (χ1n) is 8.98. The van der Waals surface area contributed by atoms with Gasteiger partial charge in [-0.05, 0) is 49.3 Å². The van der Waals surface area contributed by atoms with Crippen molar-refractivity contribution in [1.82, 2.24) is 0 Å². The minimum Gasteiger partial charge on any atom is -0.454 e. The molecule has 1 aliphatic rings. The van der Waals surface area contributed by atoms with Gasteiger partial charge in [-0.3, -0.25) is 0 Å². The lowest BCUT2D eigenvalue weighted by Gasteiger charge is -2.20. The lowest BCUT2D eigenvalue weighted by Crippen LogP contribution is -2.05. The molecule has 1 aliphatic heterocycles. The summed E-state index contributed by atoms with van der Waals surface area (Å²) in [6, 6.07) is 4.16. The van der Waals surface area contributed by atoms with Gasteiger partial charge in [0, 0.05) is 5.56 Å². The zero-order chi connectivity index (χ0) is 16.1. The quantitative estimate of drug-likeness (QED) is 0.429. The Morgan fingerprint density at radius 1 is 1.14 bits per heavy atom. The number of cyclic esters (lactones) is 1. The minimum absolute atomic E-state index is 0.0416. The van der Waals surface area contributed by atoms with E-state index in [2.05, 4.69) is 33.8 Å². The third-order valence-electron chi connectivity index (χ3n) is 5.06. The highest BCUT2D eigenvalue weighted by Crippen LogP contribution is 2.39. The molecule has 0 radical (unpaired) electrons. The van der Waals surface area contributed by atoms with E-state index in [1.165, 1.54) is 43.2 Å². The van der Waals surface area contributed by atoms with Crippen LogP contribution < -0.4 is 0 Å². The summed E-state index contributed by atoms with van der Waals surface area (Å²) >= 11 is 0. The van der Waals surface area contributed by atoms with E-state index in [4.69, 9.17) is 4.74 Å². The molecule has 2 nitrogen and oxygen atoms in total. The van der Waals surface area contributed by atoms with Gasteiger partial charge >= 0.3 is 5.97 Å². The van der Waals surface area contributed by atoms with Crippen molar-refractivity contribution >= 4 is 5.97 Å². The standard InChI is InChI=1S/C20H30O2/c1-5-8-9-10-11-15(6-2)16-12-13-17-19(14(16)4)18(7-3)22-20(17)21/h12-13,15,18H,5-11H2,1-4H3. The van der Waals surface area contributed by atoms with E-state index in [1.807, 2.05) is 6.07 Å². The smallest absolute Gasteiger partial charge is 0.339 e. The molecule has 0 aromatic heterocycles. The Kier molecular flexibility index (Phi) is 6.05. The second kappa shape index (κ2) is 7.80. The fourth-order valence-electron chi connectivity index (χ4n) is 3.72. The molecule has 1 aromatic carbocycles. The fraction of sp³-hybridized carbons (Fsp3) is 0.650. The minimum atomic E-state index is -0.146. The van der Waals surface area contributed by atoms with Crippen molar-refractivity contribution in [1.29, 1.82) is 0 Å². The summed E-state index contributed by atoms with van der Waals surface area (Å²) in [4.78, 5) is 12.0. The Bertz CT molecular complexity index is 519. The summed E-state index contributed by atoms with van der Waals surface area (Å²) in [7, 11) is 0. The lowest BCUT2D eigenvalue weighted by atomic mass is 9.84. The van der Waals surface area contributed by atoms with Crippen molar-refractivity contribution in [3.63, 3.8) is 0 Å². The maximum atomic E-state index is 12.0. The van der Waals surface area contributed by atoms with Crippen molar-refractivity contribution in [2.75, 3.05) is 0 Å². The van der Waals surface area contributed by atoms with Crippen molar-refractivity contribution in [3.05, 3.63) is 34.4 Å². The number of hydrogen-bond donors (Lipinski definition) is 0. The normalized spacial score (nSPS) is 18.2. The van der Waals surface area contributed by atoms with E-state index < -0.39 is 0 Å². The third-order valence-corrected chi connectivity index (χ3v) is 5.06. The fourth-order valence-corrected chi connectivity index (χ4v) is 3.72. The Hall–Kier alpha value is -1.31. The molecule has 0 spiro atoms. The molecule has 0 amide bonds. The summed E-state index contributed by atoms with van der Waals surface area (Å²) in [5.74, 6) is 0.461. The van der Waals surface area contributed by atoms with Crippen LogP contribution in [0.1, 0.15) is 105 Å². The Labute approximate surface area is 135 Å². The van der Waals surface area contributed by atoms with E-state index in [0.29, 0.717) is 5.92 Å². The van der Waals surface area contributed by atoms with Gasteiger partial charge in [-0.2, -0.15) is 0 Å². The number of fused-ring (bicyclic) bond motifs is 1. The van der Waals surface area contributed by atoms with Gasteiger partial charge in [0.15, 0.2) is 0 Å². The zero-order valence-corrected chi connectivity index (χ0v) is 14.6. The topological polar surface area (TPSA) is 26.3 Å². The van der Waals surface area contributed by atoms with Crippen LogP contribution in [-0.4, -0.2) is 5.97 Å². The van der Waals surface area contributed by atoms with Crippen LogP contribution in [0.15, 0.2) is 12.1 Å². The highest BCUT2D eigenvalue weighted by molar-refractivity contribution is 5.94. The zero-order valence-electron chi connectivity index (χ0n) is 14.6. The van der Waals surface area contributed by atoms with Crippen LogP contribution in [0.2, 0.25) is 0 Å². The van der Waals surface area contributed by atoms with E-state index in [0.717, 1.165) is 24.0 Å². The van der Waals surface area contributed by atoms with Gasteiger partial charge in [0.1, 0.15) is 6.10 Å². The number of esters is 1. The van der Waals surface area contributed by atoms with Gasteiger partial charge in [0.25, 0.3) is 0 Å². The van der Waals surface area contributed by atoms with Crippen molar-refractivity contribution in [3.8, 4) is 0 Å². The van der Waals surface area contributed by atoms with Crippen LogP contribution in [0, 0.1) is 6.92 Å². The van der Waals surface area contributed by atoms with Crippen molar-refractivity contribution < 1.29 is 9.53 Å². The molecule has 22 heavy (non-hydrogen) atoms. The molecule has 2 unspecified atom stereocenters. The first-order chi connectivity index (χ1) is 10.6. The molecule has 2 rings (SSSR count). The summed E-state index contributed by atoms with van der Waals surface area (Å²) in [5, 5.41) is 0. The Balaban J connectivity index is 2.22. The summed E-state index contributed by atoms with van der Waals surface area (Å²) in [5.41, 5.74) is 4.65. The molecular formula is C20H30O2. The maximum Gasteiger partial charge on any atom is 0.339 e. The van der Waals surface area contributed by atoms with E-state index in [1.54, 1.807) is 0 Å². The monoisotopic (exact) mass is 302 g/mol. The van der Waals surface area contributed by atoms with Gasteiger partial charge in [0.2, 0.25) is 0 Å². The molecule has 122 valence electrons. The lowest BCUT2D eigenvalue weighted by molar-refractivity contribution is 0.0378. The van der Waals surface area contributed by atoms with Gasteiger partial charge < -0.3 is 4.74 Å². The van der Waals surface area contributed by atoms with Crippen LogP contribution in [-0.2, 0) is 4.74 Å². The largest absolute Gasteiger partial charge is 0.454 e. The van der Waals surface area contributed by atoms with E-state index >= 15 is 0 Å². The highest BCUT2D eigenvalue weighted by Gasteiger charge is 2.32. The number of unbranched alkanes of at least 4 members (excludes halogenated alkanes) is 3. The second-order valence-electron chi connectivity index (χ2n) is 6.50. The molecule has 1 aromatic rings. The molecule has 0 fully saturated rings. The molecule has 2 atom stereocenters. The number of carbonyl (C=O) groups is 1. The second-order valence-corrected chi connectivity index (χ2v) is 6.50. The predicted molar refractivity (Wildman–Crippen MR) is 91.4 cm³/mol. The highest BCUT2D eigenvalue weighted by atomic mass is 16.5. The van der Waals surface area contributed by atoms with Gasteiger partial charge in [-0.25, -0.2) is 4.79 Å². The summed E-state index contributed by atoms with van der Waals surface area (Å²) in [6.45, 7) is 8.79. The molecule has 0 N–H and O–H groups in total. The number of rotatable bonds is 8. The molecule has 0 saturated carbocycles. The summed E-state index contributed by atoms with van der Waals surface area (Å²) < 4.78 is 5.50. The molecule has 1 heterocycles. The third kappa shape index (κ3) is 3.37. The Morgan fingerprint density at radius 3 is 2.55 bits per heavy atom. The summed E-state index contributed by atoms with van der Waals surface area (Å²) in [6.07, 6.45) is 8.48. The van der Waals surface area contributed by atoms with Crippen molar-refractivity contribution in [2.24, 2.45) is 0 Å². The first kappa shape index (κ1) is 17.1. The number of carbonyl (C=O) groups excluding carboxylic acids is 1. The molecule has 2 heteroatoms. The van der Waals surface area contributed by atoms with Crippen LogP contribution >= 0.6 is 0 Å². The average molecular weight is 302 g/mol. The van der Waals surface area contributed by atoms with E-state index in [-0.39, 0.29) is 12.1 Å². The van der Waals surface area contributed by atoms with Gasteiger partial charge in [-0.15, -0.1) is 0 Å². The number of ether oxygens (including phenoxy) is 1. The molecular weight excluding hydrogens is 272 g/mol. The first-order valence-corrected chi connectivity index (χ1v) is 8.98. The Morgan fingerprint density at radius 2 is 1.91 bits per heavy atom. The van der Waals surface area contributed by atoms with Crippen LogP contribution in [0.25, 0.3) is 0 Å².